The monoisotopic (exact) mass is 651 g/mol. The largest absolute Gasteiger partial charge is 0.467 e. The molecule has 0 fully saturated rings. The second-order valence-corrected chi connectivity index (χ2v) is 11.3. The van der Waals surface area contributed by atoms with E-state index in [0.717, 1.165) is 16.2 Å². The molecule has 0 heterocycles. The van der Waals surface area contributed by atoms with E-state index in [9.17, 15) is 24.4 Å². The highest BCUT2D eigenvalue weighted by molar-refractivity contribution is 5.90. The van der Waals surface area contributed by atoms with E-state index in [1.54, 1.807) is 48.5 Å². The molecule has 0 bridgehead atoms. The Labute approximate surface area is 280 Å². The van der Waals surface area contributed by atoms with Gasteiger partial charge in [-0.2, -0.15) is 5.06 Å². The van der Waals surface area contributed by atoms with Gasteiger partial charge in [-0.1, -0.05) is 121 Å². The Morgan fingerprint density at radius 2 is 0.792 bits per heavy atom. The molecule has 0 radical (unpaired) electrons. The minimum atomic E-state index is -1.32. The number of methoxy groups -OCH3 is 2. The van der Waals surface area contributed by atoms with Crippen molar-refractivity contribution < 1.29 is 33.9 Å². The Kier molecular flexibility index (Phi) is 13.4. The predicted octanol–water partition coefficient (Wildman–Crippen LogP) is 3.70. The van der Waals surface area contributed by atoms with Crippen molar-refractivity contribution in [3.05, 3.63) is 144 Å². The number of esters is 2. The predicted molar refractivity (Wildman–Crippen MR) is 180 cm³/mol. The lowest BCUT2D eigenvalue weighted by Gasteiger charge is -2.33. The summed E-state index contributed by atoms with van der Waals surface area (Å²) in [6, 6.07) is 31.6. The van der Waals surface area contributed by atoms with Crippen molar-refractivity contribution in [2.45, 2.75) is 49.9 Å². The molecule has 4 atom stereocenters. The number of carbonyl (C=O) groups is 4. The first-order chi connectivity index (χ1) is 23.3. The van der Waals surface area contributed by atoms with Crippen LogP contribution in [0.2, 0.25) is 0 Å². The van der Waals surface area contributed by atoms with E-state index in [0.29, 0.717) is 11.1 Å². The first-order valence-corrected chi connectivity index (χ1v) is 15.7. The van der Waals surface area contributed by atoms with Gasteiger partial charge in [0.25, 0.3) is 0 Å². The van der Waals surface area contributed by atoms with Crippen LogP contribution in [0.15, 0.2) is 121 Å². The van der Waals surface area contributed by atoms with Gasteiger partial charge in [0.05, 0.1) is 14.2 Å². The lowest BCUT2D eigenvalue weighted by molar-refractivity contribution is -0.180. The van der Waals surface area contributed by atoms with Crippen molar-refractivity contribution in [1.82, 2.24) is 15.7 Å². The summed E-state index contributed by atoms with van der Waals surface area (Å²) in [7, 11) is 2.47. The van der Waals surface area contributed by atoms with Crippen LogP contribution in [-0.4, -0.2) is 72.4 Å². The van der Waals surface area contributed by atoms with Crippen LogP contribution in [-0.2, 0) is 54.3 Å². The Morgan fingerprint density at radius 3 is 1.06 bits per heavy atom. The Morgan fingerprint density at radius 1 is 0.521 bits per heavy atom. The molecule has 4 rings (SSSR count). The fraction of sp³-hybridized carbons (Fsp3) is 0.263. The first-order valence-electron chi connectivity index (χ1n) is 15.7. The molecule has 0 aromatic heterocycles. The van der Waals surface area contributed by atoms with Gasteiger partial charge in [-0.3, -0.25) is 9.59 Å². The summed E-state index contributed by atoms with van der Waals surface area (Å²) >= 11 is 0. The maximum atomic E-state index is 14.1. The van der Waals surface area contributed by atoms with E-state index in [4.69, 9.17) is 9.47 Å². The van der Waals surface area contributed by atoms with Crippen molar-refractivity contribution in [3.63, 3.8) is 0 Å². The summed E-state index contributed by atoms with van der Waals surface area (Å²) in [5.41, 5.74) is 3.01. The lowest BCUT2D eigenvalue weighted by Crippen LogP contribution is -2.59. The van der Waals surface area contributed by atoms with Gasteiger partial charge in [-0.15, -0.1) is 0 Å². The van der Waals surface area contributed by atoms with Crippen LogP contribution in [0.25, 0.3) is 0 Å². The third kappa shape index (κ3) is 10.3. The number of benzene rings is 4. The second kappa shape index (κ2) is 18.1. The molecule has 0 unspecified atom stereocenters. The van der Waals surface area contributed by atoms with Crippen LogP contribution in [0, 0.1) is 0 Å². The number of amides is 2. The summed E-state index contributed by atoms with van der Waals surface area (Å²) in [6.07, 6.45) is 0.310. The van der Waals surface area contributed by atoms with Crippen molar-refractivity contribution in [2.75, 3.05) is 14.2 Å². The molecule has 4 aromatic carbocycles. The molecule has 48 heavy (non-hydrogen) atoms. The number of hydrogen-bond donors (Lipinski definition) is 3. The van der Waals surface area contributed by atoms with Gasteiger partial charge in [0.1, 0.15) is 24.2 Å². The van der Waals surface area contributed by atoms with Crippen LogP contribution < -0.4 is 10.6 Å². The molecule has 0 saturated heterocycles. The molecule has 0 saturated carbocycles. The van der Waals surface area contributed by atoms with E-state index < -0.39 is 47.9 Å². The maximum Gasteiger partial charge on any atom is 0.328 e. The van der Waals surface area contributed by atoms with Gasteiger partial charge in [-0.25, -0.2) is 9.59 Å². The zero-order chi connectivity index (χ0) is 34.3. The van der Waals surface area contributed by atoms with Gasteiger partial charge in [-0.05, 0) is 35.1 Å². The number of hydrogen-bond acceptors (Lipinski definition) is 8. The molecular formula is C38H41N3O7. The molecule has 250 valence electrons. The van der Waals surface area contributed by atoms with E-state index in [1.807, 2.05) is 72.8 Å². The SMILES string of the molecule is COC(=O)[C@@H](Cc1ccccc1)NC(=O)[C@@H](Cc1ccccc1)N(O)[C@H](Cc1ccccc1)C(=O)N[C@H](Cc1ccccc1)C(=O)OC. The molecule has 0 aliphatic rings. The van der Waals surface area contributed by atoms with Crippen LogP contribution in [0.3, 0.4) is 0 Å². The molecule has 2 amide bonds. The van der Waals surface area contributed by atoms with Crippen LogP contribution >= 0.6 is 0 Å². The molecule has 10 heteroatoms. The van der Waals surface area contributed by atoms with Crippen LogP contribution in [0.1, 0.15) is 22.3 Å². The molecule has 0 spiro atoms. The Bertz CT molecular complexity index is 1480. The molecule has 0 aliphatic heterocycles. The van der Waals surface area contributed by atoms with Crippen LogP contribution in [0.5, 0.6) is 0 Å². The molecule has 4 aromatic rings. The van der Waals surface area contributed by atoms with Crippen molar-refractivity contribution in [3.8, 4) is 0 Å². The number of nitrogens with one attached hydrogen (secondary N) is 2. The fourth-order valence-corrected chi connectivity index (χ4v) is 5.41. The number of hydroxylamine groups is 2. The zero-order valence-electron chi connectivity index (χ0n) is 27.0. The number of carbonyl (C=O) groups excluding carboxylic acids is 4. The average Bonchev–Trinajstić information content (AvgIpc) is 3.13. The van der Waals surface area contributed by atoms with Crippen molar-refractivity contribution in [1.29, 1.82) is 0 Å². The second-order valence-electron chi connectivity index (χ2n) is 11.3. The highest BCUT2D eigenvalue weighted by Crippen LogP contribution is 2.17. The normalized spacial score (nSPS) is 13.4. The van der Waals surface area contributed by atoms with E-state index in [2.05, 4.69) is 10.6 Å². The average molecular weight is 652 g/mol. The van der Waals surface area contributed by atoms with Crippen molar-refractivity contribution >= 4 is 23.8 Å². The smallest absolute Gasteiger partial charge is 0.328 e. The van der Waals surface area contributed by atoms with E-state index >= 15 is 0 Å². The molecule has 0 aliphatic carbocycles. The summed E-state index contributed by atoms with van der Waals surface area (Å²) in [5, 5.41) is 18.1. The fourth-order valence-electron chi connectivity index (χ4n) is 5.41. The zero-order valence-corrected chi connectivity index (χ0v) is 27.0. The number of nitrogens with zero attached hydrogens (tertiary/aromatic N) is 1. The van der Waals surface area contributed by atoms with Gasteiger partial charge < -0.3 is 25.3 Å². The third-order valence-electron chi connectivity index (χ3n) is 7.96. The highest BCUT2D eigenvalue weighted by atomic mass is 16.5. The third-order valence-corrected chi connectivity index (χ3v) is 7.96. The minimum Gasteiger partial charge on any atom is -0.467 e. The van der Waals surface area contributed by atoms with E-state index in [-0.39, 0.29) is 25.7 Å². The topological polar surface area (TPSA) is 134 Å². The summed E-state index contributed by atoms with van der Waals surface area (Å²) < 4.78 is 9.99. The standard InChI is InChI=1S/C38H41N3O7/c1-47-37(44)31(23-27-15-7-3-8-16-27)39-35(42)33(25-29-19-11-5-12-20-29)41(46)34(26-30-21-13-6-14-22-30)36(43)40-32(38(45)48-2)24-28-17-9-4-10-18-28/h3-22,31-34,46H,23-26H2,1-2H3,(H,39,42)(H,40,43)/t31-,32-,33-,34-/m1/s1. The number of ether oxygens (including phenoxy) is 2. The summed E-state index contributed by atoms with van der Waals surface area (Å²) in [6.45, 7) is 0. The van der Waals surface area contributed by atoms with Gasteiger partial charge in [0, 0.05) is 12.8 Å². The van der Waals surface area contributed by atoms with Crippen LogP contribution in [0.4, 0.5) is 0 Å². The molecule has 10 nitrogen and oxygen atoms in total. The quantitative estimate of drug-likeness (QED) is 0.123. The Balaban J connectivity index is 1.67. The maximum absolute atomic E-state index is 14.1. The van der Waals surface area contributed by atoms with Gasteiger partial charge in [0.2, 0.25) is 11.8 Å². The van der Waals surface area contributed by atoms with Gasteiger partial charge >= 0.3 is 11.9 Å². The Hall–Kier alpha value is -5.32. The first kappa shape index (κ1) is 35.5. The number of rotatable bonds is 16. The molecular weight excluding hydrogens is 610 g/mol. The summed E-state index contributed by atoms with van der Waals surface area (Å²) in [4.78, 5) is 53.8. The lowest BCUT2D eigenvalue weighted by atomic mass is 9.98. The molecule has 3 N–H and O–H groups in total. The highest BCUT2D eigenvalue weighted by Gasteiger charge is 2.38. The van der Waals surface area contributed by atoms with Crippen molar-refractivity contribution in [2.24, 2.45) is 0 Å². The van der Waals surface area contributed by atoms with Gasteiger partial charge in [0.15, 0.2) is 0 Å². The summed E-state index contributed by atoms with van der Waals surface area (Å²) in [5.74, 6) is -2.69. The van der Waals surface area contributed by atoms with E-state index in [1.165, 1.54) is 14.2 Å². The minimum absolute atomic E-state index is 0.00538.